The molecule has 4 aliphatic heterocycles. The fourth-order valence-electron chi connectivity index (χ4n) is 5.01. The summed E-state index contributed by atoms with van der Waals surface area (Å²) in [5, 5.41) is 0. The van der Waals surface area contributed by atoms with E-state index in [1.807, 2.05) is 17.0 Å². The quantitative estimate of drug-likeness (QED) is 0.789. The van der Waals surface area contributed by atoms with Gasteiger partial charge in [-0.25, -0.2) is 9.18 Å². The largest absolute Gasteiger partial charge is 0.444 e. The third kappa shape index (κ3) is 3.18. The molecule has 4 nitrogen and oxygen atoms in total. The molecule has 0 radical (unpaired) electrons. The monoisotopic (exact) mass is 380 g/mol. The van der Waals surface area contributed by atoms with Crippen LogP contribution < -0.4 is 0 Å². The minimum atomic E-state index is -0.269. The van der Waals surface area contributed by atoms with Crippen LogP contribution in [0.4, 0.5) is 9.18 Å². The predicted octanol–water partition coefficient (Wildman–Crippen LogP) is 4.00. The molecule has 3 saturated heterocycles. The first kappa shape index (κ1) is 17.7. The molecule has 0 N–H and O–H groups in total. The van der Waals surface area contributed by atoms with Crippen LogP contribution in [0.5, 0.6) is 0 Å². The van der Waals surface area contributed by atoms with Gasteiger partial charge in [0.2, 0.25) is 0 Å². The van der Waals surface area contributed by atoms with Gasteiger partial charge >= 0.3 is 6.09 Å². The Kier molecular flexibility index (Phi) is 4.55. The van der Waals surface area contributed by atoms with Crippen molar-refractivity contribution in [2.24, 2.45) is 5.92 Å². The second kappa shape index (κ2) is 7.21. The van der Waals surface area contributed by atoms with Crippen LogP contribution in [-0.4, -0.2) is 48.2 Å². The number of halogens is 1. The maximum absolute atomic E-state index is 13.5. The third-order valence-corrected chi connectivity index (χ3v) is 6.55. The van der Waals surface area contributed by atoms with E-state index >= 15 is 0 Å². The van der Waals surface area contributed by atoms with Crippen molar-refractivity contribution in [2.75, 3.05) is 26.2 Å². The molecule has 0 unspecified atom stereocenters. The van der Waals surface area contributed by atoms with Gasteiger partial charge in [-0.05, 0) is 67.1 Å². The van der Waals surface area contributed by atoms with Crippen LogP contribution in [0.3, 0.4) is 0 Å². The summed E-state index contributed by atoms with van der Waals surface area (Å²) in [4.78, 5) is 17.4. The van der Waals surface area contributed by atoms with E-state index in [2.05, 4.69) is 17.0 Å². The molecule has 2 aromatic carbocycles. The van der Waals surface area contributed by atoms with Gasteiger partial charge in [0.15, 0.2) is 0 Å². The zero-order valence-electron chi connectivity index (χ0n) is 15.9. The van der Waals surface area contributed by atoms with Crippen molar-refractivity contribution < 1.29 is 13.9 Å². The summed E-state index contributed by atoms with van der Waals surface area (Å²) in [5.74, 6) is 0.213. The van der Waals surface area contributed by atoms with E-state index in [9.17, 15) is 9.18 Å². The molecule has 28 heavy (non-hydrogen) atoms. The van der Waals surface area contributed by atoms with Crippen molar-refractivity contribution in [3.05, 3.63) is 71.0 Å². The summed E-state index contributed by atoms with van der Waals surface area (Å²) < 4.78 is 19.5. The zero-order valence-corrected chi connectivity index (χ0v) is 15.9. The second-order valence-electron chi connectivity index (χ2n) is 8.16. The molecule has 1 amide bonds. The van der Waals surface area contributed by atoms with E-state index in [1.54, 1.807) is 12.1 Å². The van der Waals surface area contributed by atoms with Crippen LogP contribution in [0.1, 0.15) is 35.6 Å². The van der Waals surface area contributed by atoms with Gasteiger partial charge in [0.1, 0.15) is 11.9 Å². The van der Waals surface area contributed by atoms with Crippen LogP contribution in [-0.2, 0) is 11.2 Å². The van der Waals surface area contributed by atoms with E-state index < -0.39 is 0 Å². The summed E-state index contributed by atoms with van der Waals surface area (Å²) in [5.41, 5.74) is 3.26. The van der Waals surface area contributed by atoms with Crippen molar-refractivity contribution >= 4 is 6.09 Å². The molecule has 0 aliphatic carbocycles. The highest BCUT2D eigenvalue weighted by Crippen LogP contribution is 2.37. The van der Waals surface area contributed by atoms with Crippen molar-refractivity contribution in [1.29, 1.82) is 0 Å². The minimum absolute atomic E-state index is 0.0129. The number of piperidine rings is 3. The molecule has 4 aliphatic rings. The van der Waals surface area contributed by atoms with E-state index in [0.29, 0.717) is 12.5 Å². The molecule has 0 saturated carbocycles. The van der Waals surface area contributed by atoms with Gasteiger partial charge in [0.05, 0.1) is 6.04 Å². The average molecular weight is 380 g/mol. The van der Waals surface area contributed by atoms with Gasteiger partial charge in [-0.1, -0.05) is 36.4 Å². The fourth-order valence-corrected chi connectivity index (χ4v) is 5.01. The lowest BCUT2D eigenvalue weighted by Gasteiger charge is -2.45. The number of ether oxygens (including phenoxy) is 1. The lowest BCUT2D eigenvalue weighted by Crippen LogP contribution is -2.53. The zero-order chi connectivity index (χ0) is 19.1. The molecular weight excluding hydrogens is 355 g/mol. The Labute approximate surface area is 164 Å². The number of nitrogens with zero attached hydrogens (tertiary/aromatic N) is 2. The molecule has 5 heteroatoms. The van der Waals surface area contributed by atoms with Crippen molar-refractivity contribution in [3.63, 3.8) is 0 Å². The Balaban J connectivity index is 1.43. The number of hydrogen-bond acceptors (Lipinski definition) is 3. The maximum Gasteiger partial charge on any atom is 0.410 e. The van der Waals surface area contributed by atoms with Crippen LogP contribution in [0.2, 0.25) is 0 Å². The van der Waals surface area contributed by atoms with Crippen LogP contribution in [0.15, 0.2) is 48.5 Å². The van der Waals surface area contributed by atoms with Crippen LogP contribution in [0, 0.1) is 11.7 Å². The molecule has 6 rings (SSSR count). The lowest BCUT2D eigenvalue weighted by molar-refractivity contribution is -0.0462. The summed E-state index contributed by atoms with van der Waals surface area (Å²) in [6.07, 6.45) is 2.77. The number of carbonyl (C=O) groups excluding carboxylic acids is 1. The van der Waals surface area contributed by atoms with Crippen molar-refractivity contribution in [3.8, 4) is 0 Å². The Morgan fingerprint density at radius 1 is 1.00 bits per heavy atom. The van der Waals surface area contributed by atoms with Crippen LogP contribution in [0.25, 0.3) is 0 Å². The van der Waals surface area contributed by atoms with Gasteiger partial charge in [0.25, 0.3) is 0 Å². The molecule has 146 valence electrons. The number of hydrogen-bond donors (Lipinski definition) is 0. The highest BCUT2D eigenvalue weighted by molar-refractivity contribution is 5.70. The molecule has 0 aromatic heterocycles. The Bertz CT molecular complexity index is 861. The average Bonchev–Trinajstić information content (AvgIpc) is 2.74. The van der Waals surface area contributed by atoms with Gasteiger partial charge in [-0.15, -0.1) is 0 Å². The second-order valence-corrected chi connectivity index (χ2v) is 8.16. The molecule has 2 atom stereocenters. The number of carbonyl (C=O) groups is 1. The minimum Gasteiger partial charge on any atom is -0.444 e. The fraction of sp³-hybridized carbons (Fsp3) is 0.435. The van der Waals surface area contributed by atoms with Gasteiger partial charge in [-0.2, -0.15) is 0 Å². The van der Waals surface area contributed by atoms with E-state index in [-0.39, 0.29) is 24.1 Å². The summed E-state index contributed by atoms with van der Waals surface area (Å²) in [6, 6.07) is 14.4. The normalized spacial score (nSPS) is 28.7. The maximum atomic E-state index is 13.5. The number of fused-ring (bicyclic) bond motifs is 4. The SMILES string of the molecule is O=C(O[C@H]1CN2CCC1CC2)N1CCc2ccccc2[C@@H]1c1ccc(F)cc1. The first-order valence-corrected chi connectivity index (χ1v) is 10.2. The van der Waals surface area contributed by atoms with E-state index in [0.717, 1.165) is 50.0 Å². The Morgan fingerprint density at radius 3 is 2.46 bits per heavy atom. The number of rotatable bonds is 2. The van der Waals surface area contributed by atoms with Crippen molar-refractivity contribution in [2.45, 2.75) is 31.4 Å². The van der Waals surface area contributed by atoms with E-state index in [4.69, 9.17) is 4.74 Å². The summed E-state index contributed by atoms with van der Waals surface area (Å²) in [7, 11) is 0. The Morgan fingerprint density at radius 2 is 1.75 bits per heavy atom. The summed E-state index contributed by atoms with van der Waals surface area (Å²) in [6.45, 7) is 3.70. The van der Waals surface area contributed by atoms with Gasteiger partial charge in [0, 0.05) is 13.1 Å². The summed E-state index contributed by atoms with van der Waals surface area (Å²) >= 11 is 0. The molecule has 2 aromatic rings. The van der Waals surface area contributed by atoms with Crippen LogP contribution >= 0.6 is 0 Å². The molecule has 3 fully saturated rings. The van der Waals surface area contributed by atoms with Gasteiger partial charge < -0.3 is 4.74 Å². The highest BCUT2D eigenvalue weighted by atomic mass is 19.1. The topological polar surface area (TPSA) is 32.8 Å². The first-order chi connectivity index (χ1) is 13.7. The molecule has 0 spiro atoms. The number of amides is 1. The van der Waals surface area contributed by atoms with Crippen molar-refractivity contribution in [1.82, 2.24) is 9.80 Å². The predicted molar refractivity (Wildman–Crippen MR) is 105 cm³/mol. The van der Waals surface area contributed by atoms with Gasteiger partial charge in [-0.3, -0.25) is 9.80 Å². The lowest BCUT2D eigenvalue weighted by atomic mass is 9.86. The molecule has 4 heterocycles. The third-order valence-electron chi connectivity index (χ3n) is 6.55. The number of benzene rings is 2. The highest BCUT2D eigenvalue weighted by Gasteiger charge is 2.39. The standard InChI is InChI=1S/C23H25FN2O2/c24-19-7-5-18(6-8-19)22-20-4-2-1-3-16(20)11-14-26(22)23(27)28-21-15-25-12-9-17(21)10-13-25/h1-8,17,21-22H,9-15H2/t21-,22-/m0/s1. The first-order valence-electron chi connectivity index (χ1n) is 10.2. The van der Waals surface area contributed by atoms with E-state index in [1.165, 1.54) is 17.7 Å². The molecule has 2 bridgehead atoms. The molecular formula is C23H25FN2O2. The smallest absolute Gasteiger partial charge is 0.410 e. The Hall–Kier alpha value is -2.40.